The van der Waals surface area contributed by atoms with E-state index in [1.807, 2.05) is 48.5 Å². The van der Waals surface area contributed by atoms with Crippen molar-refractivity contribution in [3.05, 3.63) is 84.1 Å². The van der Waals surface area contributed by atoms with Crippen molar-refractivity contribution in [3.8, 4) is 0 Å². The molecule has 1 amide bonds. The quantitative estimate of drug-likeness (QED) is 0.727. The van der Waals surface area contributed by atoms with Crippen LogP contribution in [0.2, 0.25) is 0 Å². The Bertz CT molecular complexity index is 908. The Kier molecular flexibility index (Phi) is 3.94. The van der Waals surface area contributed by atoms with Gasteiger partial charge in [-0.1, -0.05) is 36.4 Å². The molecule has 0 aliphatic carbocycles. The van der Waals surface area contributed by atoms with Gasteiger partial charge in [0.2, 0.25) is 0 Å². The minimum absolute atomic E-state index is 0.0568. The summed E-state index contributed by atoms with van der Waals surface area (Å²) in [6, 6.07) is 21.6. The van der Waals surface area contributed by atoms with E-state index in [1.165, 1.54) is 5.56 Å². The van der Waals surface area contributed by atoms with Gasteiger partial charge in [-0.3, -0.25) is 4.79 Å². The molecule has 0 fully saturated rings. The van der Waals surface area contributed by atoms with Crippen molar-refractivity contribution in [1.82, 2.24) is 4.98 Å². The number of hydrogen-bond donors (Lipinski definition) is 0. The fourth-order valence-electron chi connectivity index (χ4n) is 3.29. The van der Waals surface area contributed by atoms with Gasteiger partial charge in [0, 0.05) is 31.2 Å². The van der Waals surface area contributed by atoms with E-state index in [4.69, 9.17) is 0 Å². The molecule has 0 N–H and O–H groups in total. The zero-order valence-corrected chi connectivity index (χ0v) is 14.1. The van der Waals surface area contributed by atoms with Crippen LogP contribution in [0.5, 0.6) is 0 Å². The molecule has 0 bridgehead atoms. The maximum absolute atomic E-state index is 13.1. The summed E-state index contributed by atoms with van der Waals surface area (Å²) in [6.07, 6.45) is 2.71. The van der Waals surface area contributed by atoms with E-state index < -0.39 is 0 Å². The molecule has 1 aliphatic heterocycles. The summed E-state index contributed by atoms with van der Waals surface area (Å²) in [5.41, 5.74) is 3.91. The second-order valence-electron chi connectivity index (χ2n) is 6.10. The first-order valence-corrected chi connectivity index (χ1v) is 8.39. The Morgan fingerprint density at radius 2 is 1.76 bits per heavy atom. The van der Waals surface area contributed by atoms with Crippen molar-refractivity contribution in [3.63, 3.8) is 0 Å². The highest BCUT2D eigenvalue weighted by molar-refractivity contribution is 6.09. The fourth-order valence-corrected chi connectivity index (χ4v) is 3.29. The summed E-state index contributed by atoms with van der Waals surface area (Å²) in [6.45, 7) is 0.839. The van der Waals surface area contributed by atoms with Crippen molar-refractivity contribution < 1.29 is 4.79 Å². The largest absolute Gasteiger partial charge is 0.325 e. The van der Waals surface area contributed by atoms with Crippen LogP contribution in [-0.2, 0) is 6.42 Å². The van der Waals surface area contributed by atoms with E-state index in [-0.39, 0.29) is 5.91 Å². The molecule has 0 spiro atoms. The molecule has 3 aromatic rings. The summed E-state index contributed by atoms with van der Waals surface area (Å²) in [7, 11) is 1.80. The van der Waals surface area contributed by atoms with Crippen LogP contribution in [0.15, 0.2) is 72.9 Å². The summed E-state index contributed by atoms with van der Waals surface area (Å²) >= 11 is 0. The lowest BCUT2D eigenvalue weighted by Gasteiger charge is -2.23. The van der Waals surface area contributed by atoms with Crippen LogP contribution in [0.1, 0.15) is 15.9 Å². The molecule has 0 saturated carbocycles. The second kappa shape index (κ2) is 6.40. The number of hydrogen-bond acceptors (Lipinski definition) is 3. The molecule has 1 aliphatic rings. The van der Waals surface area contributed by atoms with Crippen LogP contribution >= 0.6 is 0 Å². The molecule has 0 unspecified atom stereocenters. The molecular formula is C21H19N3O. The molecule has 2 aromatic carbocycles. The number of benzene rings is 2. The number of carbonyl (C=O) groups is 1. The van der Waals surface area contributed by atoms with Gasteiger partial charge >= 0.3 is 0 Å². The van der Waals surface area contributed by atoms with Crippen molar-refractivity contribution >= 4 is 23.1 Å². The van der Waals surface area contributed by atoms with Crippen molar-refractivity contribution in [2.45, 2.75) is 6.42 Å². The molecule has 4 heteroatoms. The first kappa shape index (κ1) is 15.4. The highest BCUT2D eigenvalue weighted by Crippen LogP contribution is 2.35. The number of carbonyl (C=O) groups excluding carboxylic acids is 1. The van der Waals surface area contributed by atoms with Gasteiger partial charge in [0.05, 0.1) is 5.56 Å². The standard InChI is InChI=1S/C21H19N3O/c1-23(17-9-3-2-4-10-17)21(25)18-11-7-14-22-20(18)24-15-13-16-8-5-6-12-19(16)24/h2-12,14H,13,15H2,1H3. The van der Waals surface area contributed by atoms with E-state index in [0.717, 1.165) is 30.2 Å². The van der Waals surface area contributed by atoms with Crippen LogP contribution in [-0.4, -0.2) is 24.5 Å². The normalized spacial score (nSPS) is 12.8. The molecule has 0 atom stereocenters. The van der Waals surface area contributed by atoms with Crippen LogP contribution in [0.4, 0.5) is 17.2 Å². The first-order valence-electron chi connectivity index (χ1n) is 8.39. The van der Waals surface area contributed by atoms with Gasteiger partial charge in [-0.05, 0) is 42.3 Å². The van der Waals surface area contributed by atoms with Gasteiger partial charge in [0.15, 0.2) is 0 Å². The molecule has 1 aromatic heterocycles. The molecule has 2 heterocycles. The number of aromatic nitrogens is 1. The van der Waals surface area contributed by atoms with E-state index in [1.54, 1.807) is 18.1 Å². The lowest BCUT2D eigenvalue weighted by atomic mass is 10.1. The third-order valence-corrected chi connectivity index (χ3v) is 4.61. The Morgan fingerprint density at radius 3 is 2.60 bits per heavy atom. The third kappa shape index (κ3) is 2.76. The van der Waals surface area contributed by atoms with E-state index in [2.05, 4.69) is 28.1 Å². The molecule has 4 nitrogen and oxygen atoms in total. The first-order chi connectivity index (χ1) is 12.3. The summed E-state index contributed by atoms with van der Waals surface area (Å²) in [5, 5.41) is 0. The fraction of sp³-hybridized carbons (Fsp3) is 0.143. The van der Waals surface area contributed by atoms with Gasteiger partial charge in [0.25, 0.3) is 5.91 Å². The third-order valence-electron chi connectivity index (χ3n) is 4.61. The topological polar surface area (TPSA) is 36.4 Å². The van der Waals surface area contributed by atoms with Crippen LogP contribution in [0.25, 0.3) is 0 Å². The summed E-state index contributed by atoms with van der Waals surface area (Å²) in [4.78, 5) is 21.4. The number of para-hydroxylation sites is 2. The molecule has 25 heavy (non-hydrogen) atoms. The SMILES string of the molecule is CN(C(=O)c1cccnc1N1CCc2ccccc21)c1ccccc1. The average Bonchev–Trinajstić information content (AvgIpc) is 3.11. The van der Waals surface area contributed by atoms with E-state index in [9.17, 15) is 4.79 Å². The smallest absolute Gasteiger partial charge is 0.261 e. The molecule has 124 valence electrons. The second-order valence-corrected chi connectivity index (χ2v) is 6.10. The molecule has 4 rings (SSSR count). The maximum Gasteiger partial charge on any atom is 0.261 e. The average molecular weight is 329 g/mol. The highest BCUT2D eigenvalue weighted by atomic mass is 16.2. The summed E-state index contributed by atoms with van der Waals surface area (Å²) in [5.74, 6) is 0.666. The number of amides is 1. The monoisotopic (exact) mass is 329 g/mol. The Balaban J connectivity index is 1.72. The van der Waals surface area contributed by atoms with Gasteiger partial charge in [-0.15, -0.1) is 0 Å². The Hall–Kier alpha value is -3.14. The van der Waals surface area contributed by atoms with Crippen LogP contribution < -0.4 is 9.80 Å². The predicted molar refractivity (Wildman–Crippen MR) is 101 cm³/mol. The van der Waals surface area contributed by atoms with Gasteiger partial charge < -0.3 is 9.80 Å². The minimum Gasteiger partial charge on any atom is -0.325 e. The summed E-state index contributed by atoms with van der Waals surface area (Å²) < 4.78 is 0. The minimum atomic E-state index is -0.0568. The lowest BCUT2D eigenvalue weighted by Crippen LogP contribution is -2.29. The number of rotatable bonds is 3. The number of nitrogens with zero attached hydrogens (tertiary/aromatic N) is 3. The van der Waals surface area contributed by atoms with E-state index in [0.29, 0.717) is 5.56 Å². The highest BCUT2D eigenvalue weighted by Gasteiger charge is 2.26. The van der Waals surface area contributed by atoms with Crippen LogP contribution in [0.3, 0.4) is 0 Å². The number of fused-ring (bicyclic) bond motifs is 1. The van der Waals surface area contributed by atoms with Gasteiger partial charge in [0.1, 0.15) is 5.82 Å². The number of anilines is 3. The van der Waals surface area contributed by atoms with Gasteiger partial charge in [-0.2, -0.15) is 0 Å². The predicted octanol–water partition coefficient (Wildman–Crippen LogP) is 4.05. The maximum atomic E-state index is 13.1. The molecule has 0 radical (unpaired) electrons. The number of pyridine rings is 1. The molecule has 0 saturated heterocycles. The lowest BCUT2D eigenvalue weighted by molar-refractivity contribution is 0.0993. The Labute approximate surface area is 147 Å². The van der Waals surface area contributed by atoms with E-state index >= 15 is 0 Å². The van der Waals surface area contributed by atoms with Crippen molar-refractivity contribution in [2.24, 2.45) is 0 Å². The van der Waals surface area contributed by atoms with Crippen molar-refractivity contribution in [2.75, 3.05) is 23.4 Å². The van der Waals surface area contributed by atoms with Crippen molar-refractivity contribution in [1.29, 1.82) is 0 Å². The van der Waals surface area contributed by atoms with Gasteiger partial charge in [-0.25, -0.2) is 4.98 Å². The Morgan fingerprint density at radius 1 is 1.00 bits per heavy atom. The van der Waals surface area contributed by atoms with Crippen LogP contribution in [0, 0.1) is 0 Å². The zero-order valence-electron chi connectivity index (χ0n) is 14.1. The zero-order chi connectivity index (χ0) is 17.2. The molecular weight excluding hydrogens is 310 g/mol.